The lowest BCUT2D eigenvalue weighted by Gasteiger charge is -2.22. The van der Waals surface area contributed by atoms with Gasteiger partial charge in [0.1, 0.15) is 5.82 Å². The normalized spacial score (nSPS) is 16.6. The van der Waals surface area contributed by atoms with Crippen molar-refractivity contribution in [3.05, 3.63) is 95.7 Å². The molecular formula is C28H30N4O. The van der Waals surface area contributed by atoms with Gasteiger partial charge in [-0.1, -0.05) is 42.5 Å². The van der Waals surface area contributed by atoms with Crippen molar-refractivity contribution in [1.82, 2.24) is 19.4 Å². The number of amides is 1. The van der Waals surface area contributed by atoms with Crippen LogP contribution in [0.4, 0.5) is 0 Å². The number of hydrogen-bond donors (Lipinski definition) is 0. The maximum absolute atomic E-state index is 13.5. The molecule has 0 N–H and O–H groups in total. The largest absolute Gasteiger partial charge is 0.339 e. The number of rotatable bonds is 5. The van der Waals surface area contributed by atoms with Gasteiger partial charge in [-0.15, -0.1) is 0 Å². The van der Waals surface area contributed by atoms with E-state index in [1.807, 2.05) is 43.6 Å². The number of para-hydroxylation sites is 1. The summed E-state index contributed by atoms with van der Waals surface area (Å²) in [5.74, 6) is 1.67. The zero-order valence-corrected chi connectivity index (χ0v) is 19.2. The van der Waals surface area contributed by atoms with Crippen molar-refractivity contribution in [1.29, 1.82) is 0 Å². The van der Waals surface area contributed by atoms with E-state index in [0.717, 1.165) is 61.2 Å². The van der Waals surface area contributed by atoms with Gasteiger partial charge in [-0.05, 0) is 61.8 Å². The lowest BCUT2D eigenvalue weighted by Crippen LogP contribution is -2.33. The van der Waals surface area contributed by atoms with Crippen LogP contribution in [0, 0.1) is 12.8 Å². The molecule has 1 saturated heterocycles. The Morgan fingerprint density at radius 3 is 2.67 bits per heavy atom. The minimum absolute atomic E-state index is 0.149. The molecule has 2 aromatic heterocycles. The molecule has 3 heterocycles. The fourth-order valence-corrected chi connectivity index (χ4v) is 5.01. The fourth-order valence-electron chi connectivity index (χ4n) is 5.01. The van der Waals surface area contributed by atoms with Gasteiger partial charge in [0.05, 0.1) is 5.52 Å². The summed E-state index contributed by atoms with van der Waals surface area (Å²) in [6.45, 7) is 4.28. The van der Waals surface area contributed by atoms with Gasteiger partial charge in [0, 0.05) is 49.2 Å². The highest BCUT2D eigenvalue weighted by atomic mass is 16.2. The third-order valence-electron chi connectivity index (χ3n) is 6.87. The summed E-state index contributed by atoms with van der Waals surface area (Å²) in [4.78, 5) is 24.5. The zero-order chi connectivity index (χ0) is 22.6. The van der Waals surface area contributed by atoms with Crippen molar-refractivity contribution in [2.24, 2.45) is 5.92 Å². The molecule has 1 fully saturated rings. The van der Waals surface area contributed by atoms with Gasteiger partial charge in [-0.3, -0.25) is 9.78 Å². The highest BCUT2D eigenvalue weighted by Gasteiger charge is 2.24. The molecule has 0 saturated carbocycles. The highest BCUT2D eigenvalue weighted by molar-refractivity contribution is 5.95. The van der Waals surface area contributed by atoms with E-state index in [1.54, 1.807) is 6.20 Å². The Morgan fingerprint density at radius 2 is 1.79 bits per heavy atom. The third-order valence-corrected chi connectivity index (χ3v) is 6.87. The monoisotopic (exact) mass is 438 g/mol. The summed E-state index contributed by atoms with van der Waals surface area (Å²) in [6.07, 6.45) is 9.88. The van der Waals surface area contributed by atoms with E-state index in [-0.39, 0.29) is 5.91 Å². The van der Waals surface area contributed by atoms with Gasteiger partial charge in [0.2, 0.25) is 0 Å². The summed E-state index contributed by atoms with van der Waals surface area (Å²) in [7, 11) is 0. The number of hydrogen-bond acceptors (Lipinski definition) is 3. The molecule has 2 aromatic carbocycles. The Morgan fingerprint density at radius 1 is 0.939 bits per heavy atom. The van der Waals surface area contributed by atoms with Crippen LogP contribution in [0.2, 0.25) is 0 Å². The fraction of sp³-hybridized carbons (Fsp3) is 0.321. The second-order valence-corrected chi connectivity index (χ2v) is 9.05. The van der Waals surface area contributed by atoms with Crippen LogP contribution in [0.15, 0.2) is 73.2 Å². The maximum atomic E-state index is 13.5. The minimum atomic E-state index is 0.149. The average Bonchev–Trinajstić information content (AvgIpc) is 3.10. The predicted molar refractivity (Wildman–Crippen MR) is 131 cm³/mol. The second kappa shape index (κ2) is 9.57. The van der Waals surface area contributed by atoms with Crippen LogP contribution in [-0.4, -0.2) is 38.4 Å². The molecule has 5 nitrogen and oxygen atoms in total. The number of aromatic nitrogens is 3. The molecule has 4 aromatic rings. The topological polar surface area (TPSA) is 51.0 Å². The van der Waals surface area contributed by atoms with Crippen molar-refractivity contribution in [2.45, 2.75) is 39.2 Å². The van der Waals surface area contributed by atoms with E-state index in [1.165, 1.54) is 10.9 Å². The number of carbonyl (C=O) groups is 1. The Kier molecular flexibility index (Phi) is 6.20. The molecule has 0 spiro atoms. The van der Waals surface area contributed by atoms with Crippen molar-refractivity contribution < 1.29 is 4.79 Å². The number of aryl methyl sites for hydroxylation is 1. The van der Waals surface area contributed by atoms with E-state index in [9.17, 15) is 4.79 Å². The number of pyridine rings is 1. The molecule has 0 radical (unpaired) electrons. The molecule has 1 aliphatic rings. The van der Waals surface area contributed by atoms with E-state index in [0.29, 0.717) is 12.5 Å². The van der Waals surface area contributed by atoms with Gasteiger partial charge in [-0.2, -0.15) is 0 Å². The molecule has 0 bridgehead atoms. The first-order valence-corrected chi connectivity index (χ1v) is 11.9. The molecule has 1 aliphatic heterocycles. The Bertz CT molecular complexity index is 1260. The number of nitrogens with zero attached hydrogens (tertiary/aromatic N) is 4. The van der Waals surface area contributed by atoms with Gasteiger partial charge in [-0.25, -0.2) is 4.98 Å². The smallest absolute Gasteiger partial charge is 0.254 e. The Labute approximate surface area is 195 Å². The third kappa shape index (κ3) is 4.68. The quantitative estimate of drug-likeness (QED) is 0.426. The van der Waals surface area contributed by atoms with E-state index in [2.05, 4.69) is 49.8 Å². The van der Waals surface area contributed by atoms with E-state index in [4.69, 9.17) is 0 Å². The van der Waals surface area contributed by atoms with Crippen molar-refractivity contribution in [3.8, 4) is 0 Å². The first-order chi connectivity index (χ1) is 16.2. The van der Waals surface area contributed by atoms with Crippen LogP contribution in [-0.2, 0) is 13.0 Å². The SMILES string of the molecule is Cc1nccn1Cc1ccccc1C(=O)N1CCC[C@H](Cc2cccc3cccnc23)CC1. The van der Waals surface area contributed by atoms with E-state index < -0.39 is 0 Å². The molecular weight excluding hydrogens is 408 g/mol. The van der Waals surface area contributed by atoms with Crippen molar-refractivity contribution in [2.75, 3.05) is 13.1 Å². The molecule has 0 unspecified atom stereocenters. The van der Waals surface area contributed by atoms with Gasteiger partial charge in [0.15, 0.2) is 0 Å². The summed E-state index contributed by atoms with van der Waals surface area (Å²) >= 11 is 0. The van der Waals surface area contributed by atoms with E-state index >= 15 is 0 Å². The van der Waals surface area contributed by atoms with Crippen LogP contribution < -0.4 is 0 Å². The van der Waals surface area contributed by atoms with Crippen LogP contribution in [0.25, 0.3) is 10.9 Å². The Balaban J connectivity index is 1.29. The predicted octanol–water partition coefficient (Wildman–Crippen LogP) is 5.27. The standard InChI is InChI=1S/C28H30N4O/c1-21-29-15-18-32(21)20-25-8-2-3-12-26(25)28(33)31-16-6-7-22(13-17-31)19-24-10-4-9-23-11-5-14-30-27(23)24/h2-5,8-12,14-15,18,22H,6-7,13,16-17,19-20H2,1H3/t22-/m0/s1. The lowest BCUT2D eigenvalue weighted by molar-refractivity contribution is 0.0758. The number of benzene rings is 2. The molecule has 168 valence electrons. The molecule has 33 heavy (non-hydrogen) atoms. The number of fused-ring (bicyclic) bond motifs is 1. The lowest BCUT2D eigenvalue weighted by atomic mass is 9.91. The number of carbonyl (C=O) groups excluding carboxylic acids is 1. The number of imidazole rings is 1. The maximum Gasteiger partial charge on any atom is 0.254 e. The van der Waals surface area contributed by atoms with Crippen LogP contribution >= 0.6 is 0 Å². The number of likely N-dealkylation sites (tertiary alicyclic amines) is 1. The first kappa shape index (κ1) is 21.4. The summed E-state index contributed by atoms with van der Waals surface area (Å²) < 4.78 is 2.09. The van der Waals surface area contributed by atoms with Crippen molar-refractivity contribution >= 4 is 16.8 Å². The first-order valence-electron chi connectivity index (χ1n) is 11.9. The molecule has 5 rings (SSSR count). The molecule has 5 heteroatoms. The van der Waals surface area contributed by atoms with Crippen LogP contribution in [0.5, 0.6) is 0 Å². The van der Waals surface area contributed by atoms with Gasteiger partial charge >= 0.3 is 0 Å². The van der Waals surface area contributed by atoms with Gasteiger partial charge in [0.25, 0.3) is 5.91 Å². The summed E-state index contributed by atoms with van der Waals surface area (Å²) in [6, 6.07) is 18.6. The summed E-state index contributed by atoms with van der Waals surface area (Å²) in [5, 5.41) is 1.20. The molecule has 1 amide bonds. The highest BCUT2D eigenvalue weighted by Crippen LogP contribution is 2.26. The molecule has 1 atom stereocenters. The average molecular weight is 439 g/mol. The minimum Gasteiger partial charge on any atom is -0.339 e. The van der Waals surface area contributed by atoms with Crippen LogP contribution in [0.3, 0.4) is 0 Å². The van der Waals surface area contributed by atoms with Gasteiger partial charge < -0.3 is 9.47 Å². The molecule has 0 aliphatic carbocycles. The second-order valence-electron chi connectivity index (χ2n) is 9.05. The zero-order valence-electron chi connectivity index (χ0n) is 19.2. The van der Waals surface area contributed by atoms with Crippen LogP contribution in [0.1, 0.15) is 46.6 Å². The Hall–Kier alpha value is -3.47. The van der Waals surface area contributed by atoms with Crippen molar-refractivity contribution in [3.63, 3.8) is 0 Å². The summed E-state index contributed by atoms with van der Waals surface area (Å²) in [5.41, 5.74) is 4.29.